The van der Waals surface area contributed by atoms with Crippen molar-refractivity contribution in [2.75, 3.05) is 20.1 Å². The second-order valence-electron chi connectivity index (χ2n) is 5.47. The zero-order valence-corrected chi connectivity index (χ0v) is 13.3. The number of hydrogen-bond acceptors (Lipinski definition) is 2. The van der Waals surface area contributed by atoms with Gasteiger partial charge < -0.3 is 5.32 Å². The van der Waals surface area contributed by atoms with Crippen LogP contribution >= 0.6 is 0 Å². The molecule has 0 aromatic heterocycles. The number of benzene rings is 1. The van der Waals surface area contributed by atoms with E-state index in [-0.39, 0.29) is 11.9 Å². The number of likely N-dealkylation sites (N-methyl/N-ethyl adjacent to an activating group) is 1. The summed E-state index contributed by atoms with van der Waals surface area (Å²) in [5.74, 6) is -0.119. The van der Waals surface area contributed by atoms with Crippen LogP contribution in [0, 0.1) is 5.82 Å². The summed E-state index contributed by atoms with van der Waals surface area (Å²) in [5.41, 5.74) is 0.764. The Bertz CT molecular complexity index is 381. The fourth-order valence-corrected chi connectivity index (χ4v) is 2.45. The minimum Gasteiger partial charge on any atom is -0.312 e. The fourth-order valence-electron chi connectivity index (χ4n) is 2.45. The lowest BCUT2D eigenvalue weighted by atomic mass is 10.0. The summed E-state index contributed by atoms with van der Waals surface area (Å²) in [6, 6.07) is 7.65. The Morgan fingerprint density at radius 1 is 1.25 bits per heavy atom. The summed E-state index contributed by atoms with van der Waals surface area (Å²) >= 11 is 0. The van der Waals surface area contributed by atoms with E-state index in [4.69, 9.17) is 0 Å². The third-order valence-corrected chi connectivity index (χ3v) is 4.06. The first-order valence-corrected chi connectivity index (χ1v) is 7.79. The van der Waals surface area contributed by atoms with Crippen LogP contribution in [0.2, 0.25) is 0 Å². The van der Waals surface area contributed by atoms with Crippen molar-refractivity contribution in [3.05, 3.63) is 35.6 Å². The van der Waals surface area contributed by atoms with Crippen molar-refractivity contribution in [2.24, 2.45) is 0 Å². The number of nitrogens with zero attached hydrogens (tertiary/aromatic N) is 1. The van der Waals surface area contributed by atoms with Crippen molar-refractivity contribution in [3.8, 4) is 0 Å². The molecule has 0 bridgehead atoms. The molecule has 114 valence electrons. The van der Waals surface area contributed by atoms with Gasteiger partial charge in [-0.05, 0) is 39.4 Å². The van der Waals surface area contributed by atoms with Crippen molar-refractivity contribution in [3.63, 3.8) is 0 Å². The molecule has 0 aliphatic rings. The smallest absolute Gasteiger partial charge is 0.128 e. The highest BCUT2D eigenvalue weighted by Gasteiger charge is 2.20. The molecule has 0 saturated heterocycles. The maximum Gasteiger partial charge on any atom is 0.128 e. The summed E-state index contributed by atoms with van der Waals surface area (Å²) in [7, 11) is 1.91. The van der Waals surface area contributed by atoms with Gasteiger partial charge in [-0.1, -0.05) is 38.5 Å². The summed E-state index contributed by atoms with van der Waals surface area (Å²) in [4.78, 5) is 2.47. The molecule has 1 rings (SSSR count). The lowest BCUT2D eigenvalue weighted by Crippen LogP contribution is -2.40. The van der Waals surface area contributed by atoms with Gasteiger partial charge in [0.15, 0.2) is 0 Å². The van der Waals surface area contributed by atoms with Gasteiger partial charge in [0, 0.05) is 24.2 Å². The van der Waals surface area contributed by atoms with Crippen LogP contribution in [0.1, 0.15) is 51.6 Å². The van der Waals surface area contributed by atoms with Crippen molar-refractivity contribution in [2.45, 2.75) is 52.1 Å². The summed E-state index contributed by atoms with van der Waals surface area (Å²) < 4.78 is 14.0. The van der Waals surface area contributed by atoms with Crippen molar-refractivity contribution in [1.29, 1.82) is 0 Å². The maximum atomic E-state index is 14.0. The molecule has 1 aromatic rings. The molecule has 2 atom stereocenters. The fraction of sp³-hybridized carbons (Fsp3) is 0.647. The van der Waals surface area contributed by atoms with E-state index in [2.05, 4.69) is 31.0 Å². The van der Waals surface area contributed by atoms with Gasteiger partial charge in [-0.15, -0.1) is 0 Å². The van der Waals surface area contributed by atoms with E-state index in [1.807, 2.05) is 19.2 Å². The summed E-state index contributed by atoms with van der Waals surface area (Å²) in [6.07, 6.45) is 3.51. The second-order valence-corrected chi connectivity index (χ2v) is 5.47. The van der Waals surface area contributed by atoms with E-state index in [1.54, 1.807) is 12.1 Å². The van der Waals surface area contributed by atoms with Gasteiger partial charge in [-0.25, -0.2) is 4.39 Å². The van der Waals surface area contributed by atoms with E-state index in [9.17, 15) is 4.39 Å². The van der Waals surface area contributed by atoms with Gasteiger partial charge in [0.1, 0.15) is 5.82 Å². The highest BCUT2D eigenvalue weighted by molar-refractivity contribution is 5.21. The molecule has 0 fully saturated rings. The Hall–Kier alpha value is -0.930. The predicted molar refractivity (Wildman–Crippen MR) is 84.4 cm³/mol. The minimum atomic E-state index is -0.119. The third kappa shape index (κ3) is 4.88. The van der Waals surface area contributed by atoms with E-state index in [0.717, 1.165) is 25.1 Å². The van der Waals surface area contributed by atoms with Gasteiger partial charge in [-0.3, -0.25) is 4.90 Å². The molecule has 0 amide bonds. The normalized spacial score (nSPS) is 14.5. The van der Waals surface area contributed by atoms with Crippen LogP contribution in [0.25, 0.3) is 0 Å². The highest BCUT2D eigenvalue weighted by atomic mass is 19.1. The number of halogens is 1. The van der Waals surface area contributed by atoms with E-state index in [1.165, 1.54) is 12.8 Å². The SMILES string of the molecule is CCCCN(CC(NC)c1ccccc1F)C(C)CC. The topological polar surface area (TPSA) is 15.3 Å². The van der Waals surface area contributed by atoms with Crippen LogP contribution in [0.3, 0.4) is 0 Å². The predicted octanol–water partition coefficient (Wildman–Crippen LogP) is 3.99. The number of hydrogen-bond donors (Lipinski definition) is 1. The minimum absolute atomic E-state index is 0.0436. The van der Waals surface area contributed by atoms with Gasteiger partial charge in [0.05, 0.1) is 0 Å². The molecule has 20 heavy (non-hydrogen) atoms. The Morgan fingerprint density at radius 2 is 1.95 bits per heavy atom. The van der Waals surface area contributed by atoms with Crippen LogP contribution < -0.4 is 5.32 Å². The van der Waals surface area contributed by atoms with Crippen molar-refractivity contribution >= 4 is 0 Å². The summed E-state index contributed by atoms with van der Waals surface area (Å²) in [6.45, 7) is 8.61. The molecule has 0 aliphatic heterocycles. The first-order valence-electron chi connectivity index (χ1n) is 7.79. The largest absolute Gasteiger partial charge is 0.312 e. The standard InChI is InChI=1S/C17H29FN2/c1-5-7-12-20(14(3)6-2)13-17(19-4)15-10-8-9-11-16(15)18/h8-11,14,17,19H,5-7,12-13H2,1-4H3. The third-order valence-electron chi connectivity index (χ3n) is 4.06. The molecule has 0 aliphatic carbocycles. The van der Waals surface area contributed by atoms with Crippen LogP contribution in [0.5, 0.6) is 0 Å². The average molecular weight is 280 g/mol. The summed E-state index contributed by atoms with van der Waals surface area (Å²) in [5, 5.41) is 3.26. The quantitative estimate of drug-likeness (QED) is 0.736. The highest BCUT2D eigenvalue weighted by Crippen LogP contribution is 2.19. The first kappa shape index (κ1) is 17.1. The van der Waals surface area contributed by atoms with E-state index < -0.39 is 0 Å². The van der Waals surface area contributed by atoms with E-state index in [0.29, 0.717) is 6.04 Å². The second kappa shape index (κ2) is 9.09. The maximum absolute atomic E-state index is 14.0. The number of nitrogens with one attached hydrogen (secondary N) is 1. The molecule has 0 spiro atoms. The molecular formula is C17H29FN2. The molecule has 0 heterocycles. The lowest BCUT2D eigenvalue weighted by molar-refractivity contribution is 0.181. The zero-order chi connectivity index (χ0) is 15.0. The average Bonchev–Trinajstić information content (AvgIpc) is 2.48. The molecule has 3 heteroatoms. The lowest BCUT2D eigenvalue weighted by Gasteiger charge is -2.32. The van der Waals surface area contributed by atoms with Crippen molar-refractivity contribution in [1.82, 2.24) is 10.2 Å². The molecule has 0 saturated carbocycles. The molecule has 2 unspecified atom stereocenters. The van der Waals surface area contributed by atoms with Crippen LogP contribution in [0.15, 0.2) is 24.3 Å². The first-order chi connectivity index (χ1) is 9.63. The molecule has 2 nitrogen and oxygen atoms in total. The van der Waals surface area contributed by atoms with Crippen LogP contribution in [-0.4, -0.2) is 31.1 Å². The van der Waals surface area contributed by atoms with Crippen molar-refractivity contribution < 1.29 is 4.39 Å². The Morgan fingerprint density at radius 3 is 2.50 bits per heavy atom. The van der Waals surface area contributed by atoms with E-state index >= 15 is 0 Å². The number of unbranched alkanes of at least 4 members (excludes halogenated alkanes) is 1. The Labute approximate surface area is 123 Å². The number of rotatable bonds is 9. The zero-order valence-electron chi connectivity index (χ0n) is 13.3. The molecule has 1 aromatic carbocycles. The Balaban J connectivity index is 2.80. The Kier molecular flexibility index (Phi) is 7.78. The van der Waals surface area contributed by atoms with Gasteiger partial charge in [0.25, 0.3) is 0 Å². The van der Waals surface area contributed by atoms with Crippen LogP contribution in [-0.2, 0) is 0 Å². The molecular weight excluding hydrogens is 251 g/mol. The van der Waals surface area contributed by atoms with Gasteiger partial charge in [-0.2, -0.15) is 0 Å². The molecule has 1 N–H and O–H groups in total. The molecule has 0 radical (unpaired) electrons. The van der Waals surface area contributed by atoms with Gasteiger partial charge in [0.2, 0.25) is 0 Å². The van der Waals surface area contributed by atoms with Gasteiger partial charge >= 0.3 is 0 Å². The van der Waals surface area contributed by atoms with Crippen LogP contribution in [0.4, 0.5) is 4.39 Å². The monoisotopic (exact) mass is 280 g/mol.